The van der Waals surface area contributed by atoms with Crippen LogP contribution in [0.5, 0.6) is 0 Å². The van der Waals surface area contributed by atoms with Crippen molar-refractivity contribution in [3.05, 3.63) is 11.1 Å². The largest absolute Gasteiger partial charge is 0.382 e. The highest BCUT2D eigenvalue weighted by Crippen LogP contribution is 2.41. The summed E-state index contributed by atoms with van der Waals surface area (Å²) in [4.78, 5) is 9.46. The molecule has 0 radical (unpaired) electrons. The topological polar surface area (TPSA) is 58.3 Å². The molecule has 0 aromatic carbocycles. The predicted octanol–water partition coefficient (Wildman–Crippen LogP) is 2.69. The number of hydrogen-bond donors (Lipinski definition) is 1. The Morgan fingerprint density at radius 3 is 2.90 bits per heavy atom. The molecule has 0 saturated carbocycles. The lowest BCUT2D eigenvalue weighted by Crippen LogP contribution is -2.51. The maximum Gasteiger partial charge on any atom is 0.149 e. The molecule has 3 heterocycles. The summed E-state index contributed by atoms with van der Waals surface area (Å²) in [5.74, 6) is 0.608. The second-order valence-electron chi connectivity index (χ2n) is 5.53. The van der Waals surface area contributed by atoms with Gasteiger partial charge in [0.25, 0.3) is 0 Å². The second kappa shape index (κ2) is 5.90. The van der Waals surface area contributed by atoms with Crippen LogP contribution in [0.2, 0.25) is 0 Å². The van der Waals surface area contributed by atoms with Gasteiger partial charge in [-0.05, 0) is 31.9 Å². The van der Waals surface area contributed by atoms with E-state index in [-0.39, 0.29) is 0 Å². The predicted molar refractivity (Wildman–Crippen MR) is 91.3 cm³/mol. The molecular weight excluding hydrogens is 302 g/mol. The maximum atomic E-state index is 6.11. The highest BCUT2D eigenvalue weighted by Gasteiger charge is 2.28. The average molecular weight is 323 g/mol. The van der Waals surface area contributed by atoms with E-state index in [1.54, 1.807) is 11.3 Å². The van der Waals surface area contributed by atoms with E-state index in [2.05, 4.69) is 38.5 Å². The number of nitrogens with two attached hydrogens (primary N) is 1. The van der Waals surface area contributed by atoms with Crippen molar-refractivity contribution >= 4 is 33.7 Å². The fraction of sp³-hybridized carbons (Fsp3) is 0.571. The zero-order chi connectivity index (χ0) is 15.0. The summed E-state index contributed by atoms with van der Waals surface area (Å²) in [6.45, 7) is 7.39. The van der Waals surface area contributed by atoms with Gasteiger partial charge in [0, 0.05) is 36.8 Å². The number of aryl methyl sites for hydroxylation is 1. The number of nitrogen functional groups attached to an aromatic ring is 1. The Bertz CT molecular complexity index is 621. The summed E-state index contributed by atoms with van der Waals surface area (Å²) in [6, 6.07) is 0.591. The summed E-state index contributed by atoms with van der Waals surface area (Å²) in [6.07, 6.45) is 1.16. The number of nitrogens with zero attached hydrogens (tertiary/aromatic N) is 4. The number of rotatable bonds is 3. The Balaban J connectivity index is 1.93. The van der Waals surface area contributed by atoms with Crippen molar-refractivity contribution in [1.29, 1.82) is 0 Å². The normalized spacial score (nSPS) is 20.1. The van der Waals surface area contributed by atoms with Gasteiger partial charge in [0.05, 0.1) is 5.56 Å². The Morgan fingerprint density at radius 2 is 2.24 bits per heavy atom. The standard InChI is InChI=1S/C14H21N5S2/c1-4-10-7-19(6-5-18(10)3)14-11(12(15)17-21-14)13-16-9(2)8-20-13/h8,10H,4-7H2,1-3H3,(H2,15,17). The molecule has 0 aliphatic carbocycles. The molecule has 0 spiro atoms. The summed E-state index contributed by atoms with van der Waals surface area (Å²) < 4.78 is 4.38. The second-order valence-corrected chi connectivity index (χ2v) is 7.14. The molecule has 0 amide bonds. The summed E-state index contributed by atoms with van der Waals surface area (Å²) in [5, 5.41) is 4.23. The van der Waals surface area contributed by atoms with E-state index in [0.717, 1.165) is 42.3 Å². The molecule has 7 heteroatoms. The monoisotopic (exact) mass is 323 g/mol. The van der Waals surface area contributed by atoms with Crippen molar-refractivity contribution < 1.29 is 0 Å². The van der Waals surface area contributed by atoms with Crippen molar-refractivity contribution in [3.8, 4) is 10.6 Å². The highest BCUT2D eigenvalue weighted by atomic mass is 32.1. The van der Waals surface area contributed by atoms with Gasteiger partial charge in [-0.2, -0.15) is 4.37 Å². The van der Waals surface area contributed by atoms with Gasteiger partial charge in [-0.1, -0.05) is 6.92 Å². The van der Waals surface area contributed by atoms with E-state index >= 15 is 0 Å². The van der Waals surface area contributed by atoms with Gasteiger partial charge in [-0.15, -0.1) is 11.3 Å². The first kappa shape index (κ1) is 14.7. The molecule has 1 aliphatic rings. The Kier molecular flexibility index (Phi) is 4.14. The van der Waals surface area contributed by atoms with Gasteiger partial charge in [-0.25, -0.2) is 4.98 Å². The number of piperazine rings is 1. The van der Waals surface area contributed by atoms with Crippen LogP contribution in [0.1, 0.15) is 19.0 Å². The quantitative estimate of drug-likeness (QED) is 0.941. The summed E-state index contributed by atoms with van der Waals surface area (Å²) in [7, 11) is 2.21. The minimum absolute atomic E-state index is 0.591. The Hall–Kier alpha value is -1.18. The van der Waals surface area contributed by atoms with Gasteiger partial charge in [0.15, 0.2) is 0 Å². The van der Waals surface area contributed by atoms with Gasteiger partial charge in [0.2, 0.25) is 0 Å². The molecular formula is C14H21N5S2. The first-order valence-electron chi connectivity index (χ1n) is 7.23. The van der Waals surface area contributed by atoms with Gasteiger partial charge >= 0.3 is 0 Å². The fourth-order valence-electron chi connectivity index (χ4n) is 2.75. The smallest absolute Gasteiger partial charge is 0.149 e. The summed E-state index contributed by atoms with van der Waals surface area (Å²) >= 11 is 3.14. The van der Waals surface area contributed by atoms with Crippen molar-refractivity contribution in [2.24, 2.45) is 0 Å². The van der Waals surface area contributed by atoms with E-state index in [0.29, 0.717) is 11.9 Å². The molecule has 1 saturated heterocycles. The molecule has 5 nitrogen and oxygen atoms in total. The van der Waals surface area contributed by atoms with Crippen LogP contribution in [0, 0.1) is 6.92 Å². The number of likely N-dealkylation sites (N-methyl/N-ethyl adjacent to an activating group) is 1. The van der Waals surface area contributed by atoms with E-state index in [1.807, 2.05) is 6.92 Å². The number of aromatic nitrogens is 2. The zero-order valence-corrected chi connectivity index (χ0v) is 14.3. The molecule has 1 aliphatic heterocycles. The molecule has 2 N–H and O–H groups in total. The lowest BCUT2D eigenvalue weighted by molar-refractivity contribution is 0.214. The molecule has 21 heavy (non-hydrogen) atoms. The first-order valence-corrected chi connectivity index (χ1v) is 8.88. The minimum atomic E-state index is 0.591. The molecule has 2 aromatic rings. The first-order chi connectivity index (χ1) is 10.1. The Morgan fingerprint density at radius 1 is 1.43 bits per heavy atom. The third kappa shape index (κ3) is 2.77. The van der Waals surface area contributed by atoms with Crippen molar-refractivity contribution in [3.63, 3.8) is 0 Å². The maximum absolute atomic E-state index is 6.11. The molecule has 1 fully saturated rings. The van der Waals surface area contributed by atoms with Crippen LogP contribution < -0.4 is 10.6 Å². The molecule has 3 rings (SSSR count). The van der Waals surface area contributed by atoms with E-state index in [1.165, 1.54) is 16.5 Å². The third-order valence-corrected chi connectivity index (χ3v) is 5.97. The zero-order valence-electron chi connectivity index (χ0n) is 12.7. The number of hydrogen-bond acceptors (Lipinski definition) is 7. The third-order valence-electron chi connectivity index (χ3n) is 4.07. The van der Waals surface area contributed by atoms with Crippen LogP contribution >= 0.6 is 22.9 Å². The van der Waals surface area contributed by atoms with Crippen LogP contribution in [-0.4, -0.2) is 47.0 Å². The summed E-state index contributed by atoms with van der Waals surface area (Å²) in [5.41, 5.74) is 8.18. The van der Waals surface area contributed by atoms with Crippen molar-refractivity contribution in [2.75, 3.05) is 37.3 Å². The van der Waals surface area contributed by atoms with E-state index in [4.69, 9.17) is 5.73 Å². The van der Waals surface area contributed by atoms with Gasteiger partial charge < -0.3 is 10.6 Å². The van der Waals surface area contributed by atoms with Crippen LogP contribution in [0.3, 0.4) is 0 Å². The lowest BCUT2D eigenvalue weighted by atomic mass is 10.1. The average Bonchev–Trinajstić information content (AvgIpc) is 3.05. The molecule has 114 valence electrons. The van der Waals surface area contributed by atoms with Crippen molar-refractivity contribution in [2.45, 2.75) is 26.3 Å². The van der Waals surface area contributed by atoms with Crippen LogP contribution in [0.4, 0.5) is 10.8 Å². The van der Waals surface area contributed by atoms with Gasteiger partial charge in [-0.3, -0.25) is 4.90 Å². The van der Waals surface area contributed by atoms with E-state index < -0.39 is 0 Å². The van der Waals surface area contributed by atoms with Crippen LogP contribution in [0.25, 0.3) is 10.6 Å². The van der Waals surface area contributed by atoms with E-state index in [9.17, 15) is 0 Å². The van der Waals surface area contributed by atoms with Crippen LogP contribution in [0.15, 0.2) is 5.38 Å². The highest BCUT2D eigenvalue weighted by molar-refractivity contribution is 7.15. The van der Waals surface area contributed by atoms with Crippen LogP contribution in [-0.2, 0) is 0 Å². The molecule has 1 atom stereocenters. The number of anilines is 2. The van der Waals surface area contributed by atoms with Crippen molar-refractivity contribution in [1.82, 2.24) is 14.3 Å². The lowest BCUT2D eigenvalue weighted by Gasteiger charge is -2.39. The fourth-order valence-corrected chi connectivity index (χ4v) is 4.52. The number of thiazole rings is 1. The molecule has 1 unspecified atom stereocenters. The minimum Gasteiger partial charge on any atom is -0.382 e. The Labute approximate surface area is 133 Å². The SMILES string of the molecule is CCC1CN(c2snc(N)c2-c2nc(C)cs2)CCN1C. The van der Waals surface area contributed by atoms with Gasteiger partial charge in [0.1, 0.15) is 15.8 Å². The molecule has 0 bridgehead atoms. The molecule has 2 aromatic heterocycles.